The van der Waals surface area contributed by atoms with Gasteiger partial charge in [-0.1, -0.05) is 19.1 Å². The summed E-state index contributed by atoms with van der Waals surface area (Å²) < 4.78 is 17.2. The van der Waals surface area contributed by atoms with Crippen molar-refractivity contribution in [3.8, 4) is 17.2 Å². The fraction of sp³-hybridized carbons (Fsp3) is 0.519. The van der Waals surface area contributed by atoms with Gasteiger partial charge in [-0.3, -0.25) is 4.79 Å². The second-order valence-electron chi connectivity index (χ2n) is 8.52. The lowest BCUT2D eigenvalue weighted by molar-refractivity contribution is 0.0643. The molecule has 0 aliphatic rings. The molecule has 2 aromatic carbocycles. The van der Waals surface area contributed by atoms with Crippen LogP contribution in [0.3, 0.4) is 0 Å². The molecule has 0 saturated carbocycles. The van der Waals surface area contributed by atoms with Crippen LogP contribution in [0.1, 0.15) is 69.8 Å². The molecule has 0 aliphatic carbocycles. The summed E-state index contributed by atoms with van der Waals surface area (Å²) in [7, 11) is 1.60. The van der Waals surface area contributed by atoms with Gasteiger partial charge >= 0.3 is 0 Å². The molecule has 0 spiro atoms. The maximum atomic E-state index is 12.9. The number of nitrogens with zero attached hydrogens (tertiary/aromatic N) is 1. The molecule has 5 heteroatoms. The molecule has 176 valence electrons. The molecule has 0 fully saturated rings. The summed E-state index contributed by atoms with van der Waals surface area (Å²) in [4.78, 5) is 14.8. The van der Waals surface area contributed by atoms with Crippen molar-refractivity contribution in [3.05, 3.63) is 53.6 Å². The van der Waals surface area contributed by atoms with Gasteiger partial charge in [0.05, 0.1) is 20.3 Å². The minimum absolute atomic E-state index is 0.00387. The first-order chi connectivity index (χ1) is 15.4. The van der Waals surface area contributed by atoms with E-state index >= 15 is 0 Å². The van der Waals surface area contributed by atoms with Crippen molar-refractivity contribution in [3.63, 3.8) is 0 Å². The lowest BCUT2D eigenvalue weighted by Crippen LogP contribution is -2.42. The van der Waals surface area contributed by atoms with Gasteiger partial charge in [0.25, 0.3) is 5.91 Å². The maximum absolute atomic E-state index is 12.9. The van der Waals surface area contributed by atoms with Gasteiger partial charge in [-0.25, -0.2) is 0 Å². The quantitative estimate of drug-likeness (QED) is 0.350. The molecule has 0 aromatic heterocycles. The SMILES string of the molecule is CCc1ccc(OCCCCCOc2ccc(C(=O)N(C(C)C)C(C)C)cc2OC)cc1. The monoisotopic (exact) mass is 441 g/mol. The zero-order chi connectivity index (χ0) is 23.5. The highest BCUT2D eigenvalue weighted by Crippen LogP contribution is 2.29. The van der Waals surface area contributed by atoms with Crippen LogP contribution in [0.25, 0.3) is 0 Å². The Morgan fingerprint density at radius 3 is 2.03 bits per heavy atom. The number of ether oxygens (including phenoxy) is 3. The molecule has 0 N–H and O–H groups in total. The van der Waals surface area contributed by atoms with Crippen LogP contribution in [0.15, 0.2) is 42.5 Å². The van der Waals surface area contributed by atoms with E-state index in [1.807, 2.05) is 56.9 Å². The summed E-state index contributed by atoms with van der Waals surface area (Å²) in [6.07, 6.45) is 3.96. The summed E-state index contributed by atoms with van der Waals surface area (Å²) in [5, 5.41) is 0. The number of hydrogen-bond acceptors (Lipinski definition) is 4. The Kier molecular flexibility index (Phi) is 10.4. The molecule has 0 radical (unpaired) electrons. The van der Waals surface area contributed by atoms with Crippen molar-refractivity contribution >= 4 is 5.91 Å². The van der Waals surface area contributed by atoms with Crippen molar-refractivity contribution in [1.29, 1.82) is 0 Å². The topological polar surface area (TPSA) is 48.0 Å². The number of benzene rings is 2. The summed E-state index contributed by atoms with van der Waals surface area (Å²) in [5.74, 6) is 2.18. The number of aryl methyl sites for hydroxylation is 1. The van der Waals surface area contributed by atoms with Gasteiger partial charge in [-0.15, -0.1) is 0 Å². The third kappa shape index (κ3) is 7.47. The Morgan fingerprint density at radius 2 is 1.47 bits per heavy atom. The van der Waals surface area contributed by atoms with Crippen molar-refractivity contribution in [2.24, 2.45) is 0 Å². The van der Waals surface area contributed by atoms with Gasteiger partial charge in [0, 0.05) is 17.6 Å². The van der Waals surface area contributed by atoms with Crippen LogP contribution < -0.4 is 14.2 Å². The summed E-state index contributed by atoms with van der Waals surface area (Å²) in [6.45, 7) is 11.6. The van der Waals surface area contributed by atoms with E-state index in [9.17, 15) is 4.79 Å². The van der Waals surface area contributed by atoms with Crippen molar-refractivity contribution < 1.29 is 19.0 Å². The Balaban J connectivity index is 1.78. The largest absolute Gasteiger partial charge is 0.494 e. The standard InChI is InChI=1S/C27H39NO4/c1-7-22-11-14-24(15-12-22)31-17-9-8-10-18-32-25-16-13-23(19-26(25)30-6)27(29)28(20(2)3)21(4)5/h11-16,19-21H,7-10,17-18H2,1-6H3. The van der Waals surface area contributed by atoms with Crippen LogP contribution in [0.4, 0.5) is 0 Å². The normalized spacial score (nSPS) is 11.0. The van der Waals surface area contributed by atoms with E-state index in [0.717, 1.165) is 31.4 Å². The Labute approximate surface area is 193 Å². The molecule has 0 saturated heterocycles. The molecule has 2 rings (SSSR count). The Morgan fingerprint density at radius 1 is 0.844 bits per heavy atom. The zero-order valence-electron chi connectivity index (χ0n) is 20.5. The molecule has 0 unspecified atom stereocenters. The summed E-state index contributed by atoms with van der Waals surface area (Å²) in [6, 6.07) is 14.0. The lowest BCUT2D eigenvalue weighted by Gasteiger charge is -2.31. The molecule has 0 heterocycles. The van der Waals surface area contributed by atoms with Crippen LogP contribution >= 0.6 is 0 Å². The van der Waals surface area contributed by atoms with E-state index in [1.54, 1.807) is 13.2 Å². The van der Waals surface area contributed by atoms with E-state index in [1.165, 1.54) is 5.56 Å². The van der Waals surface area contributed by atoms with Crippen LogP contribution in [0, 0.1) is 0 Å². The Bertz CT molecular complexity index is 822. The van der Waals surface area contributed by atoms with Gasteiger partial charge in [0.15, 0.2) is 11.5 Å². The summed E-state index contributed by atoms with van der Waals surface area (Å²) in [5.41, 5.74) is 1.93. The van der Waals surface area contributed by atoms with Crippen molar-refractivity contribution in [1.82, 2.24) is 4.90 Å². The third-order valence-electron chi connectivity index (χ3n) is 5.40. The number of carbonyl (C=O) groups is 1. The molecule has 5 nitrogen and oxygen atoms in total. The Hall–Kier alpha value is -2.69. The minimum atomic E-state index is 0.00387. The average molecular weight is 442 g/mol. The van der Waals surface area contributed by atoms with E-state index in [-0.39, 0.29) is 18.0 Å². The molecule has 32 heavy (non-hydrogen) atoms. The molecule has 1 amide bonds. The smallest absolute Gasteiger partial charge is 0.254 e. The number of carbonyl (C=O) groups excluding carboxylic acids is 1. The van der Waals surface area contributed by atoms with Crippen molar-refractivity contribution in [2.75, 3.05) is 20.3 Å². The van der Waals surface area contributed by atoms with E-state index in [2.05, 4.69) is 19.1 Å². The molecule has 0 aliphatic heterocycles. The third-order valence-corrected chi connectivity index (χ3v) is 5.40. The first-order valence-electron chi connectivity index (χ1n) is 11.7. The number of unbranched alkanes of at least 4 members (excludes halogenated alkanes) is 2. The average Bonchev–Trinajstić information content (AvgIpc) is 2.78. The summed E-state index contributed by atoms with van der Waals surface area (Å²) >= 11 is 0. The number of rotatable bonds is 13. The number of hydrogen-bond donors (Lipinski definition) is 0. The number of amides is 1. The predicted molar refractivity (Wildman–Crippen MR) is 130 cm³/mol. The first-order valence-corrected chi connectivity index (χ1v) is 11.7. The van der Waals surface area contributed by atoms with Crippen LogP contribution in [0.5, 0.6) is 17.2 Å². The molecular formula is C27H39NO4. The van der Waals surface area contributed by atoms with Gasteiger partial charge in [0.1, 0.15) is 5.75 Å². The van der Waals surface area contributed by atoms with Crippen molar-refractivity contribution in [2.45, 2.75) is 72.4 Å². The van der Waals surface area contributed by atoms with E-state index in [0.29, 0.717) is 30.3 Å². The maximum Gasteiger partial charge on any atom is 0.254 e. The van der Waals surface area contributed by atoms with Crippen LogP contribution in [-0.4, -0.2) is 43.2 Å². The van der Waals surface area contributed by atoms with Crippen LogP contribution in [0.2, 0.25) is 0 Å². The molecular weight excluding hydrogens is 402 g/mol. The van der Waals surface area contributed by atoms with Gasteiger partial charge < -0.3 is 19.1 Å². The van der Waals surface area contributed by atoms with Gasteiger partial charge in [0.2, 0.25) is 0 Å². The predicted octanol–water partition coefficient (Wildman–Crippen LogP) is 6.14. The first kappa shape index (κ1) is 25.6. The highest BCUT2D eigenvalue weighted by molar-refractivity contribution is 5.95. The van der Waals surface area contributed by atoms with E-state index in [4.69, 9.17) is 14.2 Å². The highest BCUT2D eigenvalue weighted by Gasteiger charge is 2.22. The zero-order valence-corrected chi connectivity index (χ0v) is 20.5. The molecule has 2 aromatic rings. The fourth-order valence-corrected chi connectivity index (χ4v) is 3.71. The van der Waals surface area contributed by atoms with Gasteiger partial charge in [-0.05, 0) is 89.3 Å². The lowest BCUT2D eigenvalue weighted by atomic mass is 10.1. The second-order valence-corrected chi connectivity index (χ2v) is 8.52. The molecule has 0 atom stereocenters. The highest BCUT2D eigenvalue weighted by atomic mass is 16.5. The minimum Gasteiger partial charge on any atom is -0.494 e. The van der Waals surface area contributed by atoms with Gasteiger partial charge in [-0.2, -0.15) is 0 Å². The second kappa shape index (κ2) is 13.0. The van der Waals surface area contributed by atoms with Crippen LogP contribution in [-0.2, 0) is 6.42 Å². The molecule has 0 bridgehead atoms. The fourth-order valence-electron chi connectivity index (χ4n) is 3.71. The van der Waals surface area contributed by atoms with E-state index < -0.39 is 0 Å². The number of methoxy groups -OCH3 is 1.